The predicted octanol–water partition coefficient (Wildman–Crippen LogP) is 3.59. The molecule has 1 saturated carbocycles. The van der Waals surface area contributed by atoms with Crippen molar-refractivity contribution in [3.8, 4) is 0 Å². The van der Waals surface area contributed by atoms with E-state index < -0.39 is 0 Å². The first-order chi connectivity index (χ1) is 9.33. The molecular weight excluding hydrogens is 234 g/mol. The molecule has 102 valence electrons. The molecular formula is C17H23NO. The number of hydrogen-bond acceptors (Lipinski definition) is 2. The van der Waals surface area contributed by atoms with Crippen molar-refractivity contribution in [2.75, 3.05) is 18.0 Å². The lowest BCUT2D eigenvalue weighted by molar-refractivity contribution is -0.115. The van der Waals surface area contributed by atoms with Crippen LogP contribution in [0.25, 0.3) is 0 Å². The van der Waals surface area contributed by atoms with Crippen LogP contribution in [-0.4, -0.2) is 19.4 Å². The zero-order valence-electron chi connectivity index (χ0n) is 11.6. The van der Waals surface area contributed by atoms with Crippen molar-refractivity contribution in [3.63, 3.8) is 0 Å². The number of carbonyl (C=O) groups excluding carboxylic acids is 1. The Morgan fingerprint density at radius 3 is 2.68 bits per heavy atom. The fourth-order valence-corrected chi connectivity index (χ4v) is 3.71. The summed E-state index contributed by atoms with van der Waals surface area (Å²) in [4.78, 5) is 14.0. The molecule has 2 aliphatic rings. The van der Waals surface area contributed by atoms with Gasteiger partial charge in [-0.2, -0.15) is 0 Å². The van der Waals surface area contributed by atoms with Gasteiger partial charge >= 0.3 is 0 Å². The minimum atomic E-state index is -0.0720. The summed E-state index contributed by atoms with van der Waals surface area (Å²) in [5, 5.41) is 0. The average molecular weight is 257 g/mol. The lowest BCUT2D eigenvalue weighted by Crippen LogP contribution is -2.38. The van der Waals surface area contributed by atoms with Gasteiger partial charge in [0.1, 0.15) is 6.29 Å². The second-order valence-electron chi connectivity index (χ2n) is 6.19. The fourth-order valence-electron chi connectivity index (χ4n) is 3.71. The van der Waals surface area contributed by atoms with Gasteiger partial charge in [0.25, 0.3) is 0 Å². The molecule has 19 heavy (non-hydrogen) atoms. The molecule has 1 aromatic carbocycles. The number of rotatable bonds is 3. The number of fused-ring (bicyclic) bond motifs is 1. The van der Waals surface area contributed by atoms with Gasteiger partial charge in [0.2, 0.25) is 0 Å². The number of carbonyl (C=O) groups is 1. The zero-order chi connectivity index (χ0) is 13.1. The van der Waals surface area contributed by atoms with Crippen LogP contribution in [0.1, 0.15) is 44.1 Å². The molecule has 0 unspecified atom stereocenters. The van der Waals surface area contributed by atoms with E-state index in [-0.39, 0.29) is 5.41 Å². The first-order valence-electron chi connectivity index (χ1n) is 7.62. The third-order valence-corrected chi connectivity index (χ3v) is 4.81. The van der Waals surface area contributed by atoms with Gasteiger partial charge in [0.05, 0.1) is 0 Å². The van der Waals surface area contributed by atoms with Crippen LogP contribution < -0.4 is 4.90 Å². The van der Waals surface area contributed by atoms with Crippen molar-refractivity contribution in [2.45, 2.75) is 44.9 Å². The van der Waals surface area contributed by atoms with E-state index in [1.54, 1.807) is 0 Å². The minimum Gasteiger partial charge on any atom is -0.370 e. The third kappa shape index (κ3) is 2.54. The van der Waals surface area contributed by atoms with Crippen molar-refractivity contribution in [1.29, 1.82) is 0 Å². The third-order valence-electron chi connectivity index (χ3n) is 4.81. The van der Waals surface area contributed by atoms with Gasteiger partial charge in [-0.3, -0.25) is 0 Å². The van der Waals surface area contributed by atoms with Gasteiger partial charge in [-0.25, -0.2) is 0 Å². The molecule has 1 fully saturated rings. The average Bonchev–Trinajstić information content (AvgIpc) is 2.83. The number of hydrogen-bond donors (Lipinski definition) is 0. The van der Waals surface area contributed by atoms with Gasteiger partial charge in [0.15, 0.2) is 0 Å². The highest BCUT2D eigenvalue weighted by molar-refractivity contribution is 5.63. The van der Waals surface area contributed by atoms with Crippen molar-refractivity contribution < 1.29 is 4.79 Å². The number of benzene rings is 1. The summed E-state index contributed by atoms with van der Waals surface area (Å²) in [5.74, 6) is 0. The van der Waals surface area contributed by atoms with Crippen LogP contribution in [-0.2, 0) is 11.2 Å². The first kappa shape index (κ1) is 12.7. The van der Waals surface area contributed by atoms with E-state index in [2.05, 4.69) is 29.2 Å². The molecule has 0 bridgehead atoms. The Morgan fingerprint density at radius 2 is 1.89 bits per heavy atom. The Labute approximate surface area is 115 Å². The summed E-state index contributed by atoms with van der Waals surface area (Å²) >= 11 is 0. The minimum absolute atomic E-state index is 0.0720. The summed E-state index contributed by atoms with van der Waals surface area (Å²) < 4.78 is 0. The SMILES string of the molecule is O=CC1(CN2CCCCc3ccccc32)CCCC1. The maximum absolute atomic E-state index is 11.6. The van der Waals surface area contributed by atoms with Crippen LogP contribution in [0.3, 0.4) is 0 Å². The standard InChI is InChI=1S/C17H23NO/c19-14-17(10-4-5-11-17)13-18-12-6-3-8-15-7-1-2-9-16(15)18/h1-2,7,9,14H,3-6,8,10-13H2. The van der Waals surface area contributed by atoms with E-state index in [9.17, 15) is 4.79 Å². The van der Waals surface area contributed by atoms with E-state index in [1.165, 1.54) is 49.6 Å². The topological polar surface area (TPSA) is 20.3 Å². The number of aryl methyl sites for hydroxylation is 1. The quantitative estimate of drug-likeness (QED) is 0.771. The number of anilines is 1. The molecule has 2 nitrogen and oxygen atoms in total. The van der Waals surface area contributed by atoms with Gasteiger partial charge in [-0.15, -0.1) is 0 Å². The van der Waals surface area contributed by atoms with Crippen molar-refractivity contribution in [1.82, 2.24) is 0 Å². The monoisotopic (exact) mass is 257 g/mol. The Bertz CT molecular complexity index is 448. The van der Waals surface area contributed by atoms with Crippen LogP contribution in [0.15, 0.2) is 24.3 Å². The Morgan fingerprint density at radius 1 is 1.11 bits per heavy atom. The van der Waals surface area contributed by atoms with Gasteiger partial charge in [0, 0.05) is 24.2 Å². The van der Waals surface area contributed by atoms with Crippen LogP contribution in [0.4, 0.5) is 5.69 Å². The molecule has 3 rings (SSSR count). The van der Waals surface area contributed by atoms with E-state index in [1.807, 2.05) is 0 Å². The van der Waals surface area contributed by atoms with Crippen molar-refractivity contribution in [2.24, 2.45) is 5.41 Å². The molecule has 1 aromatic rings. The second-order valence-corrected chi connectivity index (χ2v) is 6.19. The highest BCUT2D eigenvalue weighted by Crippen LogP contribution is 2.39. The van der Waals surface area contributed by atoms with Crippen LogP contribution in [0.2, 0.25) is 0 Å². The molecule has 0 N–H and O–H groups in total. The molecule has 1 heterocycles. The summed E-state index contributed by atoms with van der Waals surface area (Å²) in [6.07, 6.45) is 9.52. The van der Waals surface area contributed by atoms with E-state index in [0.29, 0.717) is 0 Å². The summed E-state index contributed by atoms with van der Waals surface area (Å²) in [5.41, 5.74) is 2.75. The lowest BCUT2D eigenvalue weighted by Gasteiger charge is -2.33. The summed E-state index contributed by atoms with van der Waals surface area (Å²) in [7, 11) is 0. The predicted molar refractivity (Wildman–Crippen MR) is 78.6 cm³/mol. The normalized spacial score (nSPS) is 21.8. The zero-order valence-corrected chi connectivity index (χ0v) is 11.6. The molecule has 1 aliphatic carbocycles. The number of nitrogens with zero attached hydrogens (tertiary/aromatic N) is 1. The smallest absolute Gasteiger partial charge is 0.127 e. The largest absolute Gasteiger partial charge is 0.370 e. The van der Waals surface area contributed by atoms with Crippen LogP contribution in [0, 0.1) is 5.41 Å². The molecule has 0 saturated heterocycles. The molecule has 0 aromatic heterocycles. The molecule has 0 amide bonds. The molecule has 0 radical (unpaired) electrons. The van der Waals surface area contributed by atoms with E-state index in [4.69, 9.17) is 0 Å². The molecule has 0 atom stereocenters. The lowest BCUT2D eigenvalue weighted by atomic mass is 9.87. The van der Waals surface area contributed by atoms with Gasteiger partial charge in [-0.1, -0.05) is 31.0 Å². The van der Waals surface area contributed by atoms with Crippen molar-refractivity contribution >= 4 is 12.0 Å². The van der Waals surface area contributed by atoms with Gasteiger partial charge < -0.3 is 9.69 Å². The van der Waals surface area contributed by atoms with Crippen LogP contribution in [0.5, 0.6) is 0 Å². The summed E-state index contributed by atoms with van der Waals surface area (Å²) in [6.45, 7) is 2.03. The molecule has 1 aliphatic heterocycles. The molecule has 2 heteroatoms. The highest BCUT2D eigenvalue weighted by Gasteiger charge is 2.36. The fraction of sp³-hybridized carbons (Fsp3) is 0.588. The summed E-state index contributed by atoms with van der Waals surface area (Å²) in [6, 6.07) is 8.73. The number of para-hydroxylation sites is 1. The Hall–Kier alpha value is -1.31. The number of aldehydes is 1. The van der Waals surface area contributed by atoms with E-state index >= 15 is 0 Å². The van der Waals surface area contributed by atoms with E-state index in [0.717, 1.165) is 25.9 Å². The Balaban J connectivity index is 1.86. The van der Waals surface area contributed by atoms with Gasteiger partial charge in [-0.05, 0) is 43.7 Å². The maximum Gasteiger partial charge on any atom is 0.127 e. The Kier molecular flexibility index (Phi) is 3.58. The highest BCUT2D eigenvalue weighted by atomic mass is 16.1. The molecule has 0 spiro atoms. The van der Waals surface area contributed by atoms with Crippen LogP contribution >= 0.6 is 0 Å². The maximum atomic E-state index is 11.6. The second kappa shape index (κ2) is 5.36. The first-order valence-corrected chi connectivity index (χ1v) is 7.62. The van der Waals surface area contributed by atoms with Crippen molar-refractivity contribution in [3.05, 3.63) is 29.8 Å².